The lowest BCUT2D eigenvalue weighted by atomic mass is 10.1. The van der Waals surface area contributed by atoms with Gasteiger partial charge in [0.2, 0.25) is 23.6 Å². The van der Waals surface area contributed by atoms with Crippen molar-refractivity contribution in [2.24, 2.45) is 44.4 Å². The number of rotatable bonds is 18. The third-order valence-electron chi connectivity index (χ3n) is 4.72. The van der Waals surface area contributed by atoms with E-state index < -0.39 is 66.8 Å². The van der Waals surface area contributed by atoms with Crippen LogP contribution in [0.25, 0.3) is 0 Å². The van der Waals surface area contributed by atoms with Crippen LogP contribution in [0.3, 0.4) is 0 Å². The molecule has 0 aliphatic rings. The minimum Gasteiger partial charge on any atom is -0.480 e. The van der Waals surface area contributed by atoms with E-state index in [-0.39, 0.29) is 44.3 Å². The first-order valence-corrected chi connectivity index (χ1v) is 11.2. The van der Waals surface area contributed by atoms with E-state index in [1.54, 1.807) is 0 Å². The molecule has 0 bridgehead atoms. The van der Waals surface area contributed by atoms with Gasteiger partial charge in [-0.1, -0.05) is 0 Å². The Bertz CT molecular complexity index is 857. The van der Waals surface area contributed by atoms with E-state index in [0.29, 0.717) is 6.42 Å². The SMILES string of the molecule is NC(=O)CC(NC(=O)C(CCCN=C(N)N)NC(=O)C(N)CCCN=C(N)N)C(=O)NC(CO)C(=O)O. The van der Waals surface area contributed by atoms with E-state index in [1.807, 2.05) is 5.32 Å². The summed E-state index contributed by atoms with van der Waals surface area (Å²) in [6, 6.07) is -5.54. The number of carboxylic acid groups (broad SMARTS) is 1. The second-order valence-electron chi connectivity index (χ2n) is 7.88. The zero-order chi connectivity index (χ0) is 28.5. The predicted octanol–water partition coefficient (Wildman–Crippen LogP) is -6.17. The molecule has 4 amide bonds. The van der Waals surface area contributed by atoms with Gasteiger partial charge in [0, 0.05) is 13.1 Å². The molecule has 0 spiro atoms. The minimum absolute atomic E-state index is 0.00831. The maximum Gasteiger partial charge on any atom is 0.328 e. The van der Waals surface area contributed by atoms with Crippen LogP contribution < -0.4 is 50.4 Å². The van der Waals surface area contributed by atoms with Crippen molar-refractivity contribution in [2.45, 2.75) is 56.3 Å². The normalized spacial score (nSPS) is 13.7. The van der Waals surface area contributed by atoms with E-state index >= 15 is 0 Å². The fraction of sp³-hybridized carbons (Fsp3) is 0.632. The van der Waals surface area contributed by atoms with Crippen molar-refractivity contribution in [1.82, 2.24) is 16.0 Å². The summed E-state index contributed by atoms with van der Waals surface area (Å²) in [6.45, 7) is -0.585. The molecule has 18 nitrogen and oxygen atoms in total. The van der Waals surface area contributed by atoms with Crippen LogP contribution >= 0.6 is 0 Å². The standard InChI is InChI=1S/C19H37N11O7/c20-9(3-1-5-26-18(22)23)14(33)28-10(4-2-6-27-19(24)25)15(34)29-11(7-13(21)32)16(35)30-12(8-31)17(36)37/h9-12,31H,1-8,20H2,(H2,21,32)(H,28,33)(H,29,34)(H,30,35)(H,36,37)(H4,22,23,26)(H4,24,25,27). The van der Waals surface area contributed by atoms with Gasteiger partial charge < -0.3 is 60.6 Å². The Labute approximate surface area is 212 Å². The molecule has 37 heavy (non-hydrogen) atoms. The van der Waals surface area contributed by atoms with E-state index in [0.717, 1.165) is 0 Å². The molecule has 0 rings (SSSR count). The molecular formula is C19H37N11O7. The van der Waals surface area contributed by atoms with Crippen molar-refractivity contribution >= 4 is 41.5 Å². The number of hydrogen-bond acceptors (Lipinski definition) is 9. The van der Waals surface area contributed by atoms with Crippen LogP contribution in [-0.4, -0.2) is 95.6 Å². The monoisotopic (exact) mass is 531 g/mol. The topological polar surface area (TPSA) is 343 Å². The molecule has 17 N–H and O–H groups in total. The highest BCUT2D eigenvalue weighted by atomic mass is 16.4. The molecular weight excluding hydrogens is 494 g/mol. The smallest absolute Gasteiger partial charge is 0.328 e. The first-order valence-electron chi connectivity index (χ1n) is 11.2. The zero-order valence-corrected chi connectivity index (χ0v) is 20.3. The third-order valence-corrected chi connectivity index (χ3v) is 4.72. The molecule has 0 aromatic rings. The molecule has 0 radical (unpaired) electrons. The summed E-state index contributed by atoms with van der Waals surface area (Å²) in [5, 5.41) is 24.8. The number of carbonyl (C=O) groups excluding carboxylic acids is 4. The maximum atomic E-state index is 13.0. The first-order chi connectivity index (χ1) is 17.3. The number of guanidine groups is 2. The molecule has 4 unspecified atom stereocenters. The highest BCUT2D eigenvalue weighted by molar-refractivity contribution is 5.96. The highest BCUT2D eigenvalue weighted by Crippen LogP contribution is 2.04. The highest BCUT2D eigenvalue weighted by Gasteiger charge is 2.31. The summed E-state index contributed by atoms with van der Waals surface area (Å²) in [6.07, 6.45) is 0.122. The van der Waals surface area contributed by atoms with Gasteiger partial charge in [0.25, 0.3) is 0 Å². The molecule has 0 heterocycles. The molecule has 0 aliphatic carbocycles. The fourth-order valence-corrected chi connectivity index (χ4v) is 2.84. The number of primary amides is 1. The van der Waals surface area contributed by atoms with Crippen LogP contribution in [0.4, 0.5) is 0 Å². The summed E-state index contributed by atoms with van der Waals surface area (Å²) in [7, 11) is 0. The van der Waals surface area contributed by atoms with E-state index in [9.17, 15) is 24.0 Å². The third kappa shape index (κ3) is 14.7. The molecule has 0 aliphatic heterocycles. The molecule has 0 aromatic carbocycles. The number of nitrogens with zero attached hydrogens (tertiary/aromatic N) is 2. The molecule has 0 aromatic heterocycles. The zero-order valence-electron chi connectivity index (χ0n) is 20.3. The van der Waals surface area contributed by atoms with Gasteiger partial charge in [-0.15, -0.1) is 0 Å². The van der Waals surface area contributed by atoms with Gasteiger partial charge in [0.05, 0.1) is 19.1 Å². The van der Waals surface area contributed by atoms with Gasteiger partial charge >= 0.3 is 5.97 Å². The van der Waals surface area contributed by atoms with Crippen LogP contribution in [0.5, 0.6) is 0 Å². The van der Waals surface area contributed by atoms with Gasteiger partial charge in [-0.2, -0.15) is 0 Å². The van der Waals surface area contributed by atoms with Gasteiger partial charge in [0.1, 0.15) is 18.1 Å². The van der Waals surface area contributed by atoms with Crippen LogP contribution in [0.2, 0.25) is 0 Å². The summed E-state index contributed by atoms with van der Waals surface area (Å²) >= 11 is 0. The molecule has 0 saturated heterocycles. The van der Waals surface area contributed by atoms with E-state index in [1.165, 1.54) is 0 Å². The van der Waals surface area contributed by atoms with Crippen molar-refractivity contribution < 1.29 is 34.2 Å². The Hall–Kier alpha value is -4.19. The number of aliphatic carboxylic acids is 1. The van der Waals surface area contributed by atoms with Crippen molar-refractivity contribution in [3.8, 4) is 0 Å². The average Bonchev–Trinajstić information content (AvgIpc) is 2.80. The molecule has 210 valence electrons. The Morgan fingerprint density at radius 3 is 1.62 bits per heavy atom. The number of aliphatic hydroxyl groups excluding tert-OH is 1. The minimum atomic E-state index is -1.69. The molecule has 4 atom stereocenters. The lowest BCUT2D eigenvalue weighted by molar-refractivity contribution is -0.143. The van der Waals surface area contributed by atoms with Crippen molar-refractivity contribution in [2.75, 3.05) is 19.7 Å². The number of hydrogen-bond donors (Lipinski definition) is 11. The van der Waals surface area contributed by atoms with Gasteiger partial charge in [-0.05, 0) is 25.7 Å². The maximum absolute atomic E-state index is 13.0. The summed E-state index contributed by atoms with van der Waals surface area (Å²) < 4.78 is 0. The number of amides is 4. The summed E-state index contributed by atoms with van der Waals surface area (Å²) in [5.74, 6) is -5.47. The number of carboxylic acids is 1. The first kappa shape index (κ1) is 32.8. The number of carbonyl (C=O) groups is 5. The van der Waals surface area contributed by atoms with E-state index in [2.05, 4.69) is 20.6 Å². The van der Waals surface area contributed by atoms with Gasteiger partial charge in [0.15, 0.2) is 11.9 Å². The van der Waals surface area contributed by atoms with E-state index in [4.69, 9.17) is 44.6 Å². The van der Waals surface area contributed by atoms with Crippen molar-refractivity contribution in [3.63, 3.8) is 0 Å². The Kier molecular flexibility index (Phi) is 15.3. The molecule has 18 heteroatoms. The summed E-state index contributed by atoms with van der Waals surface area (Å²) in [5.41, 5.74) is 32.0. The Morgan fingerprint density at radius 2 is 1.16 bits per heavy atom. The second-order valence-corrected chi connectivity index (χ2v) is 7.88. The largest absolute Gasteiger partial charge is 0.480 e. The van der Waals surface area contributed by atoms with Crippen LogP contribution in [0.15, 0.2) is 9.98 Å². The van der Waals surface area contributed by atoms with Gasteiger partial charge in [-0.3, -0.25) is 29.2 Å². The summed E-state index contributed by atoms with van der Waals surface area (Å²) in [4.78, 5) is 68.1. The quantitative estimate of drug-likeness (QED) is 0.0447. The van der Waals surface area contributed by atoms with Crippen LogP contribution in [0.1, 0.15) is 32.1 Å². The second kappa shape index (κ2) is 17.3. The molecule has 0 fully saturated rings. The number of aliphatic imine (C=N–C) groups is 2. The molecule has 0 saturated carbocycles. The Balaban J connectivity index is 5.50. The van der Waals surface area contributed by atoms with Gasteiger partial charge in [-0.25, -0.2) is 4.79 Å². The number of aliphatic hydroxyl groups is 1. The van der Waals surface area contributed by atoms with Crippen LogP contribution in [0, 0.1) is 0 Å². The number of nitrogens with two attached hydrogens (primary N) is 6. The lowest BCUT2D eigenvalue weighted by Gasteiger charge is -2.24. The predicted molar refractivity (Wildman–Crippen MR) is 132 cm³/mol. The Morgan fingerprint density at radius 1 is 0.703 bits per heavy atom. The van der Waals surface area contributed by atoms with Crippen molar-refractivity contribution in [1.29, 1.82) is 0 Å². The lowest BCUT2D eigenvalue weighted by Crippen LogP contribution is -2.58. The van der Waals surface area contributed by atoms with Crippen molar-refractivity contribution in [3.05, 3.63) is 0 Å². The average molecular weight is 532 g/mol. The number of nitrogens with one attached hydrogen (secondary N) is 3. The van der Waals surface area contributed by atoms with Crippen LogP contribution in [-0.2, 0) is 24.0 Å². The fourth-order valence-electron chi connectivity index (χ4n) is 2.84.